The van der Waals surface area contributed by atoms with Crippen molar-refractivity contribution in [3.8, 4) is 23.0 Å². The van der Waals surface area contributed by atoms with Crippen LogP contribution in [0.5, 0.6) is 23.0 Å². The molecule has 39 heavy (non-hydrogen) atoms. The number of aryl methyl sites for hydroxylation is 2. The van der Waals surface area contributed by atoms with E-state index in [1.165, 1.54) is 18.1 Å². The van der Waals surface area contributed by atoms with E-state index < -0.39 is 17.7 Å². The number of methoxy groups -OCH3 is 1. The summed E-state index contributed by atoms with van der Waals surface area (Å²) < 4.78 is 16.9. The first kappa shape index (κ1) is 27.6. The van der Waals surface area contributed by atoms with Crippen LogP contribution in [0.4, 0.5) is 5.69 Å². The zero-order valence-corrected chi connectivity index (χ0v) is 22.8. The first-order valence-electron chi connectivity index (χ1n) is 12.9. The summed E-state index contributed by atoms with van der Waals surface area (Å²) in [5, 5.41) is 22.2. The maximum absolute atomic E-state index is 13.5. The fraction of sp³-hybridized carbons (Fsp3) is 0.290. The monoisotopic (exact) mass is 531 g/mol. The maximum Gasteiger partial charge on any atom is 0.300 e. The highest BCUT2D eigenvalue weighted by Gasteiger charge is 2.48. The second kappa shape index (κ2) is 11.5. The molecule has 3 aromatic rings. The van der Waals surface area contributed by atoms with Gasteiger partial charge in [0, 0.05) is 5.56 Å². The quantitative estimate of drug-likeness (QED) is 0.203. The number of hydrogen-bond donors (Lipinski definition) is 2. The predicted octanol–water partition coefficient (Wildman–Crippen LogP) is 5.83. The standard InChI is InChI=1S/C31H33NO7/c1-6-14-39-24-12-10-21(16-19(24)4)29(34)27-28(20-9-13-25(37-5)26(17-20)38-7-2)32(31(36)30(27)35)22-15-18(3)8-11-23(22)33/h8-13,15-17,28,33-34H,6-7,14H2,1-5H3/b29-27-. The number of carbonyl (C=O) groups is 2. The van der Waals surface area contributed by atoms with E-state index in [0.29, 0.717) is 41.6 Å². The van der Waals surface area contributed by atoms with E-state index in [0.717, 1.165) is 17.5 Å². The highest BCUT2D eigenvalue weighted by Crippen LogP contribution is 2.46. The molecule has 0 aromatic heterocycles. The van der Waals surface area contributed by atoms with E-state index >= 15 is 0 Å². The number of hydrogen-bond acceptors (Lipinski definition) is 7. The summed E-state index contributed by atoms with van der Waals surface area (Å²) in [6, 6.07) is 13.9. The van der Waals surface area contributed by atoms with Gasteiger partial charge in [-0.05, 0) is 86.3 Å². The summed E-state index contributed by atoms with van der Waals surface area (Å²) in [4.78, 5) is 28.3. The second-order valence-corrected chi connectivity index (χ2v) is 9.33. The van der Waals surface area contributed by atoms with Gasteiger partial charge in [0.05, 0.1) is 37.6 Å². The molecule has 1 aliphatic rings. The minimum Gasteiger partial charge on any atom is -0.507 e. The van der Waals surface area contributed by atoms with E-state index in [-0.39, 0.29) is 22.8 Å². The van der Waals surface area contributed by atoms with Gasteiger partial charge in [-0.2, -0.15) is 0 Å². The van der Waals surface area contributed by atoms with E-state index in [2.05, 4.69) is 0 Å². The summed E-state index contributed by atoms with van der Waals surface area (Å²) in [6.07, 6.45) is 0.849. The van der Waals surface area contributed by atoms with Crippen molar-refractivity contribution in [2.45, 2.75) is 40.2 Å². The number of aliphatic hydroxyl groups is 1. The van der Waals surface area contributed by atoms with Crippen LogP contribution in [-0.4, -0.2) is 42.2 Å². The molecule has 8 nitrogen and oxygen atoms in total. The number of ether oxygens (including phenoxy) is 3. The van der Waals surface area contributed by atoms with E-state index in [9.17, 15) is 19.8 Å². The molecule has 0 aliphatic carbocycles. The normalized spacial score (nSPS) is 16.4. The van der Waals surface area contributed by atoms with E-state index in [1.807, 2.05) is 27.7 Å². The van der Waals surface area contributed by atoms with Gasteiger partial charge < -0.3 is 24.4 Å². The lowest BCUT2D eigenvalue weighted by Gasteiger charge is -2.27. The number of Topliss-reactive ketones (excluding diaryl/α,β-unsaturated/α-hetero) is 1. The van der Waals surface area contributed by atoms with Crippen LogP contribution in [-0.2, 0) is 9.59 Å². The lowest BCUT2D eigenvalue weighted by Crippen LogP contribution is -2.29. The molecule has 2 N–H and O–H groups in total. The van der Waals surface area contributed by atoms with Crippen LogP contribution in [0.3, 0.4) is 0 Å². The van der Waals surface area contributed by atoms with Gasteiger partial charge in [-0.25, -0.2) is 0 Å². The number of aromatic hydroxyl groups is 1. The van der Waals surface area contributed by atoms with Gasteiger partial charge in [-0.15, -0.1) is 0 Å². The van der Waals surface area contributed by atoms with Crippen molar-refractivity contribution in [2.24, 2.45) is 0 Å². The zero-order valence-electron chi connectivity index (χ0n) is 22.8. The predicted molar refractivity (Wildman–Crippen MR) is 149 cm³/mol. The van der Waals surface area contributed by atoms with Crippen molar-refractivity contribution in [2.75, 3.05) is 25.2 Å². The van der Waals surface area contributed by atoms with Crippen LogP contribution in [0.2, 0.25) is 0 Å². The molecule has 1 aliphatic heterocycles. The molecule has 1 saturated heterocycles. The van der Waals surface area contributed by atoms with Crippen LogP contribution in [0, 0.1) is 13.8 Å². The van der Waals surface area contributed by atoms with Crippen molar-refractivity contribution in [3.63, 3.8) is 0 Å². The lowest BCUT2D eigenvalue weighted by molar-refractivity contribution is -0.132. The molecule has 0 saturated carbocycles. The third-order valence-electron chi connectivity index (χ3n) is 6.55. The van der Waals surface area contributed by atoms with Gasteiger partial charge in [-0.1, -0.05) is 19.1 Å². The molecule has 1 atom stereocenters. The summed E-state index contributed by atoms with van der Waals surface area (Å²) in [6.45, 7) is 8.43. The number of phenolic OH excluding ortho intramolecular Hbond substituents is 1. The molecule has 0 bridgehead atoms. The SMILES string of the molecule is CCCOc1ccc(/C(O)=C2/C(=O)C(=O)N(c3cc(C)ccc3O)C2c2ccc(OC)c(OCC)c2)cc1C. The molecular formula is C31H33NO7. The number of phenols is 1. The number of ketones is 1. The van der Waals surface area contributed by atoms with Crippen LogP contribution >= 0.6 is 0 Å². The third-order valence-corrected chi connectivity index (χ3v) is 6.55. The maximum atomic E-state index is 13.5. The van der Waals surface area contributed by atoms with Crippen molar-refractivity contribution in [1.82, 2.24) is 0 Å². The second-order valence-electron chi connectivity index (χ2n) is 9.33. The summed E-state index contributed by atoms with van der Waals surface area (Å²) in [7, 11) is 1.52. The van der Waals surface area contributed by atoms with Crippen molar-refractivity contribution in [3.05, 3.63) is 82.4 Å². The largest absolute Gasteiger partial charge is 0.507 e. The first-order chi connectivity index (χ1) is 18.7. The van der Waals surface area contributed by atoms with Crippen molar-refractivity contribution in [1.29, 1.82) is 0 Å². The molecule has 0 radical (unpaired) electrons. The topological polar surface area (TPSA) is 106 Å². The summed E-state index contributed by atoms with van der Waals surface area (Å²) in [5.74, 6) is -0.649. The number of nitrogens with zero attached hydrogens (tertiary/aromatic N) is 1. The van der Waals surface area contributed by atoms with Crippen LogP contribution in [0.15, 0.2) is 60.2 Å². The number of rotatable bonds is 9. The Morgan fingerprint density at radius 1 is 0.923 bits per heavy atom. The highest BCUT2D eigenvalue weighted by atomic mass is 16.5. The molecular weight excluding hydrogens is 498 g/mol. The Morgan fingerprint density at radius 2 is 1.67 bits per heavy atom. The molecule has 0 spiro atoms. The zero-order chi connectivity index (χ0) is 28.3. The first-order valence-corrected chi connectivity index (χ1v) is 12.9. The number of carbonyl (C=O) groups excluding carboxylic acids is 2. The molecule has 1 heterocycles. The molecule has 1 unspecified atom stereocenters. The Labute approximate surface area is 228 Å². The Morgan fingerprint density at radius 3 is 2.33 bits per heavy atom. The minimum absolute atomic E-state index is 0.102. The van der Waals surface area contributed by atoms with E-state index in [1.54, 1.807) is 48.5 Å². The van der Waals surface area contributed by atoms with Gasteiger partial charge in [0.25, 0.3) is 11.7 Å². The van der Waals surface area contributed by atoms with Gasteiger partial charge in [0.1, 0.15) is 17.3 Å². The third kappa shape index (κ3) is 5.27. The minimum atomic E-state index is -1.04. The smallest absolute Gasteiger partial charge is 0.300 e. The van der Waals surface area contributed by atoms with Gasteiger partial charge in [0.15, 0.2) is 11.5 Å². The average Bonchev–Trinajstić information content (AvgIpc) is 3.19. The Balaban J connectivity index is 1.95. The highest BCUT2D eigenvalue weighted by molar-refractivity contribution is 6.52. The van der Waals surface area contributed by atoms with Crippen molar-refractivity contribution < 1.29 is 34.0 Å². The summed E-state index contributed by atoms with van der Waals surface area (Å²) >= 11 is 0. The van der Waals surface area contributed by atoms with E-state index in [4.69, 9.17) is 14.2 Å². The fourth-order valence-electron chi connectivity index (χ4n) is 4.68. The molecule has 204 valence electrons. The Kier molecular flexibility index (Phi) is 8.14. The summed E-state index contributed by atoms with van der Waals surface area (Å²) in [5.41, 5.74) is 2.49. The lowest BCUT2D eigenvalue weighted by atomic mass is 9.94. The van der Waals surface area contributed by atoms with Crippen LogP contribution in [0.1, 0.15) is 48.6 Å². The van der Waals surface area contributed by atoms with Crippen molar-refractivity contribution >= 4 is 23.1 Å². The number of benzene rings is 3. The Hall–Kier alpha value is -4.46. The Bertz CT molecular complexity index is 1440. The molecule has 1 amide bonds. The molecule has 8 heteroatoms. The fourth-order valence-corrected chi connectivity index (χ4v) is 4.68. The number of amides is 1. The molecule has 3 aromatic carbocycles. The van der Waals surface area contributed by atoms with Crippen LogP contribution < -0.4 is 19.1 Å². The van der Waals surface area contributed by atoms with Gasteiger partial charge >= 0.3 is 0 Å². The molecule has 4 rings (SSSR count). The van der Waals surface area contributed by atoms with Gasteiger partial charge in [-0.3, -0.25) is 14.5 Å². The van der Waals surface area contributed by atoms with Crippen LogP contribution in [0.25, 0.3) is 5.76 Å². The van der Waals surface area contributed by atoms with Gasteiger partial charge in [0.2, 0.25) is 0 Å². The number of aliphatic hydroxyl groups excluding tert-OH is 1. The molecule has 1 fully saturated rings. The number of anilines is 1. The average molecular weight is 532 g/mol.